The van der Waals surface area contributed by atoms with Crippen molar-refractivity contribution in [1.82, 2.24) is 5.32 Å². The van der Waals surface area contributed by atoms with Crippen LogP contribution in [0.1, 0.15) is 26.7 Å². The fourth-order valence-electron chi connectivity index (χ4n) is 1.65. The summed E-state index contributed by atoms with van der Waals surface area (Å²) in [4.78, 5) is 11.9. The van der Waals surface area contributed by atoms with E-state index in [0.717, 1.165) is 19.4 Å². The van der Waals surface area contributed by atoms with Crippen LogP contribution in [-0.2, 0) is 9.53 Å². The van der Waals surface area contributed by atoms with Gasteiger partial charge in [0, 0.05) is 24.4 Å². The number of halogens is 1. The van der Waals surface area contributed by atoms with Gasteiger partial charge in [-0.25, -0.2) is 0 Å². The second-order valence-corrected chi connectivity index (χ2v) is 6.17. The largest absolute Gasteiger partial charge is 0.384 e. The molecule has 1 rings (SSSR count). The zero-order valence-corrected chi connectivity index (χ0v) is 11.3. The number of rotatable bonds is 6. The Hall–Kier alpha value is -0.0900. The molecular formula is C11H20BrNO2. The van der Waals surface area contributed by atoms with Gasteiger partial charge in [-0.05, 0) is 18.3 Å². The predicted molar refractivity (Wildman–Crippen MR) is 64.1 cm³/mol. The van der Waals surface area contributed by atoms with E-state index in [1.54, 1.807) is 7.11 Å². The summed E-state index contributed by atoms with van der Waals surface area (Å²) in [7, 11) is 1.68. The van der Waals surface area contributed by atoms with Crippen LogP contribution in [0.4, 0.5) is 0 Å². The van der Waals surface area contributed by atoms with Gasteiger partial charge in [0.2, 0.25) is 5.91 Å². The number of alkyl halides is 1. The predicted octanol–water partition coefficient (Wildman–Crippen LogP) is 1.95. The molecule has 1 amide bonds. The highest BCUT2D eigenvalue weighted by Crippen LogP contribution is 2.51. The first-order valence-electron chi connectivity index (χ1n) is 5.38. The minimum Gasteiger partial charge on any atom is -0.384 e. The number of methoxy groups -OCH3 is 1. The Morgan fingerprint density at radius 3 is 2.73 bits per heavy atom. The van der Waals surface area contributed by atoms with Crippen molar-refractivity contribution >= 4 is 21.8 Å². The number of hydrogen-bond donors (Lipinski definition) is 1. The molecule has 0 aromatic carbocycles. The average Bonchev–Trinajstić information content (AvgIpc) is 2.75. The number of carbonyl (C=O) groups excluding carboxylic acids is 1. The van der Waals surface area contributed by atoms with Gasteiger partial charge in [-0.3, -0.25) is 4.79 Å². The van der Waals surface area contributed by atoms with E-state index in [1.807, 2.05) is 0 Å². The van der Waals surface area contributed by atoms with Crippen LogP contribution in [0, 0.1) is 11.3 Å². The van der Waals surface area contributed by atoms with E-state index in [2.05, 4.69) is 35.1 Å². The molecule has 1 aliphatic rings. The highest BCUT2D eigenvalue weighted by molar-refractivity contribution is 9.09. The lowest BCUT2D eigenvalue weighted by atomic mass is 10.1. The van der Waals surface area contributed by atoms with E-state index in [0.29, 0.717) is 11.4 Å². The molecular weight excluding hydrogens is 258 g/mol. The number of amides is 1. The molecule has 0 spiro atoms. The summed E-state index contributed by atoms with van der Waals surface area (Å²) in [5.41, 5.74) is 0.227. The molecule has 2 unspecified atom stereocenters. The topological polar surface area (TPSA) is 38.3 Å². The fourth-order valence-corrected chi connectivity index (χ4v) is 2.15. The highest BCUT2D eigenvalue weighted by atomic mass is 79.9. The molecule has 0 saturated heterocycles. The van der Waals surface area contributed by atoms with Gasteiger partial charge in [0.25, 0.3) is 0 Å². The first-order chi connectivity index (χ1) is 6.97. The van der Waals surface area contributed by atoms with Gasteiger partial charge in [-0.2, -0.15) is 0 Å². The molecule has 0 aromatic heterocycles. The zero-order chi connectivity index (χ0) is 11.5. The Morgan fingerprint density at radius 1 is 1.67 bits per heavy atom. The van der Waals surface area contributed by atoms with Crippen molar-refractivity contribution < 1.29 is 9.53 Å². The van der Waals surface area contributed by atoms with Crippen molar-refractivity contribution in [1.29, 1.82) is 0 Å². The monoisotopic (exact) mass is 277 g/mol. The summed E-state index contributed by atoms with van der Waals surface area (Å²) in [6.45, 7) is 5.68. The van der Waals surface area contributed by atoms with Gasteiger partial charge in [0.05, 0.1) is 6.61 Å². The van der Waals surface area contributed by atoms with E-state index < -0.39 is 0 Å². The average molecular weight is 278 g/mol. The first-order valence-corrected chi connectivity index (χ1v) is 6.29. The third-order valence-electron chi connectivity index (χ3n) is 2.93. The molecule has 0 aliphatic heterocycles. The second kappa shape index (κ2) is 5.30. The highest BCUT2D eigenvalue weighted by Gasteiger charge is 2.50. The van der Waals surface area contributed by atoms with E-state index in [4.69, 9.17) is 4.74 Å². The molecule has 15 heavy (non-hydrogen) atoms. The molecule has 1 fully saturated rings. The summed E-state index contributed by atoms with van der Waals surface area (Å²) in [5.74, 6) is 0.436. The lowest BCUT2D eigenvalue weighted by Crippen LogP contribution is -2.29. The summed E-state index contributed by atoms with van der Waals surface area (Å²) in [6, 6.07) is 0. The van der Waals surface area contributed by atoms with Gasteiger partial charge < -0.3 is 10.1 Å². The van der Waals surface area contributed by atoms with Crippen molar-refractivity contribution in [2.75, 3.05) is 20.3 Å². The fraction of sp³-hybridized carbons (Fsp3) is 0.909. The minimum atomic E-state index is 0.206. The number of nitrogens with one attached hydrogen (secondary N) is 1. The van der Waals surface area contributed by atoms with Gasteiger partial charge in [-0.15, -0.1) is 0 Å². The molecule has 0 aromatic rings. The maximum Gasteiger partial charge on any atom is 0.223 e. The lowest BCUT2D eigenvalue weighted by molar-refractivity contribution is -0.122. The quantitative estimate of drug-likeness (QED) is 0.754. The van der Waals surface area contributed by atoms with Gasteiger partial charge in [0.15, 0.2) is 0 Å². The standard InChI is InChI=1S/C11H20BrNO2/c1-11(2)6-9(11)10(14)13-5-4-8(12)7-15-3/h8-9H,4-7H2,1-3H3,(H,13,14). The van der Waals surface area contributed by atoms with E-state index in [9.17, 15) is 4.79 Å². The van der Waals surface area contributed by atoms with E-state index >= 15 is 0 Å². The third kappa shape index (κ3) is 4.11. The Balaban J connectivity index is 2.08. The van der Waals surface area contributed by atoms with Crippen LogP contribution in [-0.4, -0.2) is 31.0 Å². The third-order valence-corrected chi connectivity index (χ3v) is 3.66. The molecule has 0 radical (unpaired) electrons. The first kappa shape index (κ1) is 13.0. The number of ether oxygens (including phenoxy) is 1. The van der Waals surface area contributed by atoms with Crippen molar-refractivity contribution in [2.45, 2.75) is 31.5 Å². The Morgan fingerprint density at radius 2 is 2.27 bits per heavy atom. The van der Waals surface area contributed by atoms with Crippen molar-refractivity contribution in [3.63, 3.8) is 0 Å². The SMILES string of the molecule is COCC(Br)CCNC(=O)C1CC1(C)C. The van der Waals surface area contributed by atoms with Crippen LogP contribution in [0.25, 0.3) is 0 Å². The van der Waals surface area contributed by atoms with Crippen LogP contribution in [0.15, 0.2) is 0 Å². The molecule has 3 nitrogen and oxygen atoms in total. The summed E-state index contributed by atoms with van der Waals surface area (Å²) in [6.07, 6.45) is 1.93. The van der Waals surface area contributed by atoms with Crippen LogP contribution in [0.2, 0.25) is 0 Å². The lowest BCUT2D eigenvalue weighted by Gasteiger charge is -2.10. The maximum atomic E-state index is 11.6. The van der Waals surface area contributed by atoms with E-state index in [-0.39, 0.29) is 17.2 Å². The Labute approximate surface area is 100 Å². The van der Waals surface area contributed by atoms with Gasteiger partial charge in [-0.1, -0.05) is 29.8 Å². The molecule has 1 aliphatic carbocycles. The maximum absolute atomic E-state index is 11.6. The Bertz CT molecular complexity index is 231. The second-order valence-electron chi connectivity index (χ2n) is 4.88. The molecule has 0 bridgehead atoms. The summed E-state index contributed by atoms with van der Waals surface area (Å²) < 4.78 is 4.99. The molecule has 2 atom stereocenters. The number of hydrogen-bond acceptors (Lipinski definition) is 2. The van der Waals surface area contributed by atoms with Crippen LogP contribution in [0.3, 0.4) is 0 Å². The van der Waals surface area contributed by atoms with Crippen molar-refractivity contribution in [3.8, 4) is 0 Å². The van der Waals surface area contributed by atoms with Crippen molar-refractivity contribution in [2.24, 2.45) is 11.3 Å². The molecule has 1 N–H and O–H groups in total. The zero-order valence-electron chi connectivity index (χ0n) is 9.68. The van der Waals surface area contributed by atoms with Crippen LogP contribution < -0.4 is 5.32 Å². The van der Waals surface area contributed by atoms with Crippen molar-refractivity contribution in [3.05, 3.63) is 0 Å². The molecule has 0 heterocycles. The van der Waals surface area contributed by atoms with E-state index in [1.165, 1.54) is 0 Å². The number of carbonyl (C=O) groups is 1. The summed E-state index contributed by atoms with van der Waals surface area (Å²) in [5, 5.41) is 2.97. The van der Waals surface area contributed by atoms with Gasteiger partial charge in [0.1, 0.15) is 0 Å². The van der Waals surface area contributed by atoms with Gasteiger partial charge >= 0.3 is 0 Å². The van der Waals surface area contributed by atoms with Crippen LogP contribution in [0.5, 0.6) is 0 Å². The summed E-state index contributed by atoms with van der Waals surface area (Å²) >= 11 is 3.49. The minimum absolute atomic E-state index is 0.206. The Kier molecular flexibility index (Phi) is 4.59. The van der Waals surface area contributed by atoms with Crippen LogP contribution >= 0.6 is 15.9 Å². The molecule has 4 heteroatoms. The normalized spacial score (nSPS) is 24.7. The smallest absolute Gasteiger partial charge is 0.223 e. The molecule has 88 valence electrons. The molecule has 1 saturated carbocycles.